The predicted octanol–water partition coefficient (Wildman–Crippen LogP) is 5.89. The Morgan fingerprint density at radius 1 is 1.03 bits per heavy atom. The molecule has 1 aromatic rings. The van der Waals surface area contributed by atoms with Crippen LogP contribution in [0.5, 0.6) is 5.75 Å². The van der Waals surface area contributed by atoms with Crippen LogP contribution in [-0.2, 0) is 27.1 Å². The van der Waals surface area contributed by atoms with E-state index in [1.807, 2.05) is 0 Å². The first-order chi connectivity index (χ1) is 15.7. The van der Waals surface area contributed by atoms with Gasteiger partial charge in [-0.2, -0.15) is 0 Å². The largest absolute Gasteiger partial charge is 0.496 e. The van der Waals surface area contributed by atoms with Crippen molar-refractivity contribution in [3.63, 3.8) is 0 Å². The lowest BCUT2D eigenvalue weighted by molar-refractivity contribution is -0.202. The Morgan fingerprint density at radius 3 is 2.66 bits per heavy atom. The summed E-state index contributed by atoms with van der Waals surface area (Å²) in [7, 11) is 1.76. The van der Waals surface area contributed by atoms with E-state index in [1.165, 1.54) is 49.7 Å². The summed E-state index contributed by atoms with van der Waals surface area (Å²) in [5, 5.41) is 0. The summed E-state index contributed by atoms with van der Waals surface area (Å²) in [5.41, 5.74) is 2.73. The highest BCUT2D eigenvalue weighted by molar-refractivity contribution is 5.84. The number of rotatable bonds is 7. The Balaban J connectivity index is 1.26. The zero-order valence-electron chi connectivity index (χ0n) is 19.7. The summed E-state index contributed by atoms with van der Waals surface area (Å²) in [5.74, 6) is 3.28. The minimum Gasteiger partial charge on any atom is -0.496 e. The molecule has 1 unspecified atom stereocenters. The van der Waals surface area contributed by atoms with E-state index in [-0.39, 0.29) is 18.3 Å². The van der Waals surface area contributed by atoms with Crippen molar-refractivity contribution in [3.8, 4) is 5.75 Å². The molecule has 5 rings (SSSR count). The maximum atomic E-state index is 13.1. The number of Topliss-reactive ketones (excluding diaryl/α,β-unsaturated/α-hetero) is 1. The second-order valence-corrected chi connectivity index (χ2v) is 10.7. The standard InChI is InChI=1S/C28H40O4/c1-30-27-11-7-10-20-16-23-21(17-24(20)27)18-25(29)22(23)13-14-26(19-8-3-2-4-9-19)32-28-12-5-6-15-31-28/h7,10-11,19,21-23,26,28H,2-6,8-9,12-18H2,1H3/t21-,22+,23-,26+,28?/m0/s1. The fourth-order valence-corrected chi connectivity index (χ4v) is 7.06. The van der Waals surface area contributed by atoms with Gasteiger partial charge in [-0.05, 0) is 92.7 Å². The van der Waals surface area contributed by atoms with Gasteiger partial charge in [0.2, 0.25) is 0 Å². The minimum absolute atomic E-state index is 0.0308. The van der Waals surface area contributed by atoms with Gasteiger partial charge in [-0.25, -0.2) is 0 Å². The Morgan fingerprint density at radius 2 is 1.88 bits per heavy atom. The van der Waals surface area contributed by atoms with Crippen LogP contribution in [0.1, 0.15) is 81.8 Å². The molecule has 3 fully saturated rings. The van der Waals surface area contributed by atoms with Gasteiger partial charge in [-0.1, -0.05) is 31.4 Å². The maximum Gasteiger partial charge on any atom is 0.157 e. The third-order valence-electron chi connectivity index (χ3n) is 8.77. The molecule has 1 aromatic carbocycles. The smallest absolute Gasteiger partial charge is 0.157 e. The van der Waals surface area contributed by atoms with Gasteiger partial charge in [0.1, 0.15) is 11.5 Å². The fourth-order valence-electron chi connectivity index (χ4n) is 7.06. The number of hydrogen-bond donors (Lipinski definition) is 0. The third kappa shape index (κ3) is 4.77. The molecule has 0 bridgehead atoms. The number of methoxy groups -OCH3 is 1. The quantitative estimate of drug-likeness (QED) is 0.530. The van der Waals surface area contributed by atoms with Crippen LogP contribution in [0.15, 0.2) is 18.2 Å². The SMILES string of the molecule is COc1cccc2c1C[C@H]1CC(=O)[C@H](CC[C@@H](OC3CCCCO3)C3CCCCC3)[C@H]1C2. The van der Waals surface area contributed by atoms with Gasteiger partial charge < -0.3 is 14.2 Å². The summed E-state index contributed by atoms with van der Waals surface area (Å²) in [6, 6.07) is 6.40. The number of carbonyl (C=O) groups is 1. The van der Waals surface area contributed by atoms with E-state index in [0.717, 1.165) is 57.3 Å². The monoisotopic (exact) mass is 440 g/mol. The van der Waals surface area contributed by atoms with Crippen molar-refractivity contribution in [2.75, 3.05) is 13.7 Å². The Labute approximate surface area is 193 Å². The summed E-state index contributed by atoms with van der Waals surface area (Å²) < 4.78 is 18.2. The molecule has 4 heteroatoms. The molecule has 0 amide bonds. The Bertz CT molecular complexity index is 778. The van der Waals surface area contributed by atoms with Crippen LogP contribution in [0, 0.1) is 23.7 Å². The predicted molar refractivity (Wildman–Crippen MR) is 125 cm³/mol. The molecule has 176 valence electrons. The van der Waals surface area contributed by atoms with Crippen molar-refractivity contribution in [1.29, 1.82) is 0 Å². The van der Waals surface area contributed by atoms with E-state index >= 15 is 0 Å². The molecule has 1 aliphatic heterocycles. The average molecular weight is 441 g/mol. The van der Waals surface area contributed by atoms with Gasteiger partial charge >= 0.3 is 0 Å². The van der Waals surface area contributed by atoms with E-state index in [9.17, 15) is 4.79 Å². The summed E-state index contributed by atoms with van der Waals surface area (Å²) in [6.45, 7) is 0.829. The zero-order chi connectivity index (χ0) is 21.9. The molecule has 4 nitrogen and oxygen atoms in total. The molecule has 1 saturated heterocycles. The molecular formula is C28H40O4. The van der Waals surface area contributed by atoms with Crippen molar-refractivity contribution in [1.82, 2.24) is 0 Å². The van der Waals surface area contributed by atoms with Crippen LogP contribution in [0.2, 0.25) is 0 Å². The van der Waals surface area contributed by atoms with Crippen LogP contribution >= 0.6 is 0 Å². The molecule has 3 aliphatic carbocycles. The zero-order valence-corrected chi connectivity index (χ0v) is 19.7. The third-order valence-corrected chi connectivity index (χ3v) is 8.77. The number of benzene rings is 1. The van der Waals surface area contributed by atoms with Crippen molar-refractivity contribution in [2.45, 2.75) is 95.9 Å². The topological polar surface area (TPSA) is 44.8 Å². The number of fused-ring (bicyclic) bond motifs is 2. The van der Waals surface area contributed by atoms with Crippen molar-refractivity contribution in [2.24, 2.45) is 23.7 Å². The molecule has 5 atom stereocenters. The normalized spacial score (nSPS) is 31.7. The van der Waals surface area contributed by atoms with Gasteiger partial charge in [0.15, 0.2) is 6.29 Å². The van der Waals surface area contributed by atoms with E-state index in [1.54, 1.807) is 7.11 Å². The molecule has 1 heterocycles. The van der Waals surface area contributed by atoms with Gasteiger partial charge in [0.25, 0.3) is 0 Å². The van der Waals surface area contributed by atoms with Crippen LogP contribution in [0.3, 0.4) is 0 Å². The van der Waals surface area contributed by atoms with Crippen molar-refractivity contribution in [3.05, 3.63) is 29.3 Å². The molecule has 0 spiro atoms. The molecule has 2 saturated carbocycles. The second-order valence-electron chi connectivity index (χ2n) is 10.7. The lowest BCUT2D eigenvalue weighted by Gasteiger charge is -2.36. The lowest BCUT2D eigenvalue weighted by Crippen LogP contribution is -2.35. The minimum atomic E-state index is -0.0308. The summed E-state index contributed by atoms with van der Waals surface area (Å²) >= 11 is 0. The average Bonchev–Trinajstić information content (AvgIpc) is 3.14. The van der Waals surface area contributed by atoms with Gasteiger partial charge in [0, 0.05) is 18.9 Å². The van der Waals surface area contributed by atoms with Crippen LogP contribution in [0.25, 0.3) is 0 Å². The van der Waals surface area contributed by atoms with Gasteiger partial charge in [0.05, 0.1) is 13.2 Å². The van der Waals surface area contributed by atoms with E-state index < -0.39 is 0 Å². The summed E-state index contributed by atoms with van der Waals surface area (Å²) in [6.07, 6.45) is 14.9. The molecule has 0 radical (unpaired) electrons. The van der Waals surface area contributed by atoms with Gasteiger partial charge in [-0.3, -0.25) is 4.79 Å². The molecule has 4 aliphatic rings. The number of ketones is 1. The Hall–Kier alpha value is -1.39. The molecule has 32 heavy (non-hydrogen) atoms. The highest BCUT2D eigenvalue weighted by atomic mass is 16.7. The first-order valence-corrected chi connectivity index (χ1v) is 13.2. The molecule has 0 N–H and O–H groups in total. The highest BCUT2D eigenvalue weighted by Crippen LogP contribution is 2.47. The van der Waals surface area contributed by atoms with Crippen LogP contribution < -0.4 is 4.74 Å². The summed E-state index contributed by atoms with van der Waals surface area (Å²) in [4.78, 5) is 13.1. The van der Waals surface area contributed by atoms with E-state index in [0.29, 0.717) is 23.5 Å². The van der Waals surface area contributed by atoms with Crippen LogP contribution in [0.4, 0.5) is 0 Å². The maximum absolute atomic E-state index is 13.1. The van der Waals surface area contributed by atoms with Crippen LogP contribution in [-0.4, -0.2) is 31.9 Å². The fraction of sp³-hybridized carbons (Fsp3) is 0.750. The lowest BCUT2D eigenvalue weighted by atomic mass is 9.73. The first-order valence-electron chi connectivity index (χ1n) is 13.2. The van der Waals surface area contributed by atoms with Crippen molar-refractivity contribution >= 4 is 5.78 Å². The van der Waals surface area contributed by atoms with E-state index in [4.69, 9.17) is 14.2 Å². The van der Waals surface area contributed by atoms with Crippen molar-refractivity contribution < 1.29 is 19.0 Å². The molecule has 0 aromatic heterocycles. The van der Waals surface area contributed by atoms with E-state index in [2.05, 4.69) is 18.2 Å². The number of ether oxygens (including phenoxy) is 3. The number of hydrogen-bond acceptors (Lipinski definition) is 4. The Kier molecular flexibility index (Phi) is 7.18. The molecular weight excluding hydrogens is 400 g/mol. The van der Waals surface area contributed by atoms with Gasteiger partial charge in [-0.15, -0.1) is 0 Å². The highest BCUT2D eigenvalue weighted by Gasteiger charge is 2.45. The second kappa shape index (κ2) is 10.3. The first kappa shape index (κ1) is 22.4. The number of carbonyl (C=O) groups excluding carboxylic acids is 1.